The molecule has 2 amide bonds. The van der Waals surface area contributed by atoms with Gasteiger partial charge >= 0.3 is 5.97 Å². The highest BCUT2D eigenvalue weighted by Crippen LogP contribution is 2.27. The molecule has 6 nitrogen and oxygen atoms in total. The molecule has 0 aliphatic carbocycles. The SMILES string of the molecule is O=C(O)CCc1cccc(NC(=O)CCC2Cc3ccccc3NC2=O)c1. The van der Waals surface area contributed by atoms with Gasteiger partial charge in [0.15, 0.2) is 0 Å². The highest BCUT2D eigenvalue weighted by molar-refractivity contribution is 5.96. The molecule has 1 unspecified atom stereocenters. The minimum atomic E-state index is -0.850. The Kier molecular flexibility index (Phi) is 5.86. The molecule has 3 N–H and O–H groups in total. The zero-order chi connectivity index (χ0) is 19.2. The molecule has 27 heavy (non-hydrogen) atoms. The molecule has 0 fully saturated rings. The summed E-state index contributed by atoms with van der Waals surface area (Å²) in [7, 11) is 0. The van der Waals surface area contributed by atoms with E-state index in [1.807, 2.05) is 30.3 Å². The first-order valence-electron chi connectivity index (χ1n) is 9.00. The maximum Gasteiger partial charge on any atom is 0.303 e. The van der Waals surface area contributed by atoms with E-state index in [2.05, 4.69) is 10.6 Å². The standard InChI is InChI=1S/C21H22N2O4/c24-19(22-17-6-3-4-14(12-17)8-11-20(25)26)10-9-16-13-15-5-1-2-7-18(15)23-21(16)27/h1-7,12,16H,8-11,13H2,(H,22,24)(H,23,27)(H,25,26). The second kappa shape index (κ2) is 8.49. The fraction of sp³-hybridized carbons (Fsp3) is 0.286. The van der Waals surface area contributed by atoms with E-state index < -0.39 is 5.97 Å². The molecule has 1 atom stereocenters. The lowest BCUT2D eigenvalue weighted by Gasteiger charge is -2.24. The summed E-state index contributed by atoms with van der Waals surface area (Å²) in [5.74, 6) is -1.27. The van der Waals surface area contributed by atoms with Crippen LogP contribution in [0.25, 0.3) is 0 Å². The molecule has 1 aliphatic rings. The van der Waals surface area contributed by atoms with E-state index in [0.717, 1.165) is 16.8 Å². The number of carbonyl (C=O) groups excluding carboxylic acids is 2. The van der Waals surface area contributed by atoms with Gasteiger partial charge in [-0.1, -0.05) is 30.3 Å². The predicted molar refractivity (Wildman–Crippen MR) is 103 cm³/mol. The average Bonchev–Trinajstić information content (AvgIpc) is 2.65. The van der Waals surface area contributed by atoms with Gasteiger partial charge in [-0.2, -0.15) is 0 Å². The lowest BCUT2D eigenvalue weighted by molar-refractivity contribution is -0.137. The molecule has 1 aliphatic heterocycles. The van der Waals surface area contributed by atoms with Crippen LogP contribution >= 0.6 is 0 Å². The number of nitrogens with one attached hydrogen (secondary N) is 2. The molecule has 0 bridgehead atoms. The number of anilines is 2. The van der Waals surface area contributed by atoms with Gasteiger partial charge in [-0.25, -0.2) is 0 Å². The third-order valence-corrected chi connectivity index (χ3v) is 4.67. The number of hydrogen-bond donors (Lipinski definition) is 3. The number of fused-ring (bicyclic) bond motifs is 1. The zero-order valence-corrected chi connectivity index (χ0v) is 14.9. The summed E-state index contributed by atoms with van der Waals surface area (Å²) in [6.07, 6.45) is 1.83. The molecule has 6 heteroatoms. The summed E-state index contributed by atoms with van der Waals surface area (Å²) in [6, 6.07) is 14.9. The molecule has 0 radical (unpaired) electrons. The molecule has 0 aromatic heterocycles. The molecule has 2 aromatic rings. The topological polar surface area (TPSA) is 95.5 Å². The first kappa shape index (κ1) is 18.6. The third kappa shape index (κ3) is 5.17. The van der Waals surface area contributed by atoms with Crippen molar-refractivity contribution in [1.29, 1.82) is 0 Å². The van der Waals surface area contributed by atoms with Gasteiger partial charge in [-0.3, -0.25) is 14.4 Å². The normalized spacial score (nSPS) is 15.6. The fourth-order valence-electron chi connectivity index (χ4n) is 3.23. The number of aliphatic carboxylic acids is 1. The quantitative estimate of drug-likeness (QED) is 0.701. The van der Waals surface area contributed by atoms with Crippen molar-refractivity contribution in [3.63, 3.8) is 0 Å². The minimum Gasteiger partial charge on any atom is -0.481 e. The molecule has 3 rings (SSSR count). The zero-order valence-electron chi connectivity index (χ0n) is 14.9. The lowest BCUT2D eigenvalue weighted by atomic mass is 9.89. The minimum absolute atomic E-state index is 0.0443. The largest absolute Gasteiger partial charge is 0.481 e. The van der Waals surface area contributed by atoms with Gasteiger partial charge in [0.2, 0.25) is 11.8 Å². The van der Waals surface area contributed by atoms with Gasteiger partial charge in [0, 0.05) is 30.1 Å². The van der Waals surface area contributed by atoms with Crippen molar-refractivity contribution < 1.29 is 19.5 Å². The van der Waals surface area contributed by atoms with Crippen LogP contribution < -0.4 is 10.6 Å². The van der Waals surface area contributed by atoms with Crippen LogP contribution in [-0.2, 0) is 27.2 Å². The number of amides is 2. The maximum absolute atomic E-state index is 12.2. The molecular formula is C21H22N2O4. The van der Waals surface area contributed by atoms with E-state index in [4.69, 9.17) is 5.11 Å². The number of hydrogen-bond acceptors (Lipinski definition) is 3. The Morgan fingerprint density at radius 3 is 2.74 bits per heavy atom. The summed E-state index contributed by atoms with van der Waals surface area (Å²) in [5.41, 5.74) is 3.44. The Balaban J connectivity index is 1.52. The van der Waals surface area contributed by atoms with Crippen molar-refractivity contribution in [2.45, 2.75) is 32.1 Å². The van der Waals surface area contributed by atoms with Gasteiger partial charge in [0.25, 0.3) is 0 Å². The number of para-hydroxylation sites is 1. The van der Waals surface area contributed by atoms with Crippen molar-refractivity contribution in [2.24, 2.45) is 5.92 Å². The van der Waals surface area contributed by atoms with E-state index in [-0.39, 0.29) is 30.6 Å². The second-order valence-corrected chi connectivity index (χ2v) is 6.73. The summed E-state index contributed by atoms with van der Waals surface area (Å²) >= 11 is 0. The summed E-state index contributed by atoms with van der Waals surface area (Å²) in [6.45, 7) is 0. The lowest BCUT2D eigenvalue weighted by Crippen LogP contribution is -2.30. The predicted octanol–water partition coefficient (Wildman–Crippen LogP) is 3.23. The fourth-order valence-corrected chi connectivity index (χ4v) is 3.23. The van der Waals surface area contributed by atoms with E-state index in [9.17, 15) is 14.4 Å². The van der Waals surface area contributed by atoms with Crippen LogP contribution in [0.15, 0.2) is 48.5 Å². The van der Waals surface area contributed by atoms with Crippen LogP contribution in [0.5, 0.6) is 0 Å². The molecular weight excluding hydrogens is 344 g/mol. The van der Waals surface area contributed by atoms with Crippen LogP contribution in [0.1, 0.15) is 30.4 Å². The van der Waals surface area contributed by atoms with Crippen molar-refractivity contribution in [2.75, 3.05) is 10.6 Å². The number of carbonyl (C=O) groups is 3. The van der Waals surface area contributed by atoms with Gasteiger partial charge in [0.1, 0.15) is 0 Å². The van der Waals surface area contributed by atoms with Gasteiger partial charge in [-0.15, -0.1) is 0 Å². The summed E-state index contributed by atoms with van der Waals surface area (Å²) < 4.78 is 0. The van der Waals surface area contributed by atoms with E-state index in [1.54, 1.807) is 18.2 Å². The van der Waals surface area contributed by atoms with Crippen LogP contribution in [0.3, 0.4) is 0 Å². The molecule has 140 valence electrons. The van der Waals surface area contributed by atoms with Gasteiger partial charge in [0.05, 0.1) is 0 Å². The first-order chi connectivity index (χ1) is 13.0. The van der Waals surface area contributed by atoms with Crippen molar-refractivity contribution >= 4 is 29.2 Å². The van der Waals surface area contributed by atoms with E-state index in [0.29, 0.717) is 24.9 Å². The molecule has 2 aromatic carbocycles. The van der Waals surface area contributed by atoms with Gasteiger partial charge < -0.3 is 15.7 Å². The number of rotatable bonds is 7. The maximum atomic E-state index is 12.2. The number of benzene rings is 2. The third-order valence-electron chi connectivity index (χ3n) is 4.67. The Labute approximate surface area is 157 Å². The number of carboxylic acids is 1. The Bertz CT molecular complexity index is 863. The highest BCUT2D eigenvalue weighted by Gasteiger charge is 2.26. The van der Waals surface area contributed by atoms with Crippen molar-refractivity contribution in [3.8, 4) is 0 Å². The Morgan fingerprint density at radius 2 is 1.93 bits per heavy atom. The number of carboxylic acid groups (broad SMARTS) is 1. The molecule has 0 spiro atoms. The number of aryl methyl sites for hydroxylation is 1. The van der Waals surface area contributed by atoms with Crippen LogP contribution in [0.4, 0.5) is 11.4 Å². The molecule has 0 saturated carbocycles. The van der Waals surface area contributed by atoms with Gasteiger partial charge in [-0.05, 0) is 48.6 Å². The monoisotopic (exact) mass is 366 g/mol. The average molecular weight is 366 g/mol. The smallest absolute Gasteiger partial charge is 0.303 e. The van der Waals surface area contributed by atoms with Crippen LogP contribution in [0.2, 0.25) is 0 Å². The summed E-state index contributed by atoms with van der Waals surface area (Å²) in [4.78, 5) is 35.1. The van der Waals surface area contributed by atoms with E-state index >= 15 is 0 Å². The van der Waals surface area contributed by atoms with Crippen LogP contribution in [0, 0.1) is 5.92 Å². The molecule has 1 heterocycles. The highest BCUT2D eigenvalue weighted by atomic mass is 16.4. The summed E-state index contributed by atoms with van der Waals surface area (Å²) in [5, 5.41) is 14.5. The van der Waals surface area contributed by atoms with Crippen molar-refractivity contribution in [1.82, 2.24) is 0 Å². The second-order valence-electron chi connectivity index (χ2n) is 6.73. The Morgan fingerprint density at radius 1 is 1.11 bits per heavy atom. The van der Waals surface area contributed by atoms with Crippen LogP contribution in [-0.4, -0.2) is 22.9 Å². The van der Waals surface area contributed by atoms with Crippen molar-refractivity contribution in [3.05, 3.63) is 59.7 Å². The van der Waals surface area contributed by atoms with E-state index in [1.165, 1.54) is 0 Å². The Hall–Kier alpha value is -3.15. The molecule has 0 saturated heterocycles. The first-order valence-corrected chi connectivity index (χ1v) is 9.00.